The smallest absolute Gasteiger partial charge is 0.326 e. The number of carboxylic acids is 1. The number of aliphatic hydroxyl groups excluding tert-OH is 1. The Hall–Kier alpha value is -1.30. The second-order valence-corrected chi connectivity index (χ2v) is 5.75. The van der Waals surface area contributed by atoms with Gasteiger partial charge in [0.2, 0.25) is 0 Å². The number of amides is 2. The molecule has 2 atom stereocenters. The summed E-state index contributed by atoms with van der Waals surface area (Å²) in [5, 5.41) is 18.7. The van der Waals surface area contributed by atoms with E-state index in [4.69, 9.17) is 5.11 Å². The molecule has 0 aromatic rings. The summed E-state index contributed by atoms with van der Waals surface area (Å²) in [7, 11) is 0. The minimum Gasteiger partial charge on any atom is -0.480 e. The van der Waals surface area contributed by atoms with Gasteiger partial charge in [-0.25, -0.2) is 9.59 Å². The number of β-amino-alcohol motifs (C(OH)–C–C–N with tert-alkyl or cyclic N) is 1. The molecule has 2 heterocycles. The van der Waals surface area contributed by atoms with Gasteiger partial charge in [0.05, 0.1) is 6.10 Å². The lowest BCUT2D eigenvalue weighted by molar-refractivity contribution is -0.141. The van der Waals surface area contributed by atoms with E-state index < -0.39 is 18.1 Å². The van der Waals surface area contributed by atoms with Crippen molar-refractivity contribution in [1.29, 1.82) is 0 Å². The van der Waals surface area contributed by atoms with Crippen LogP contribution in [0.4, 0.5) is 4.79 Å². The molecule has 2 aliphatic rings. The van der Waals surface area contributed by atoms with Gasteiger partial charge >= 0.3 is 12.0 Å². The molecule has 2 amide bonds. The molecular formula is C12H20N2O4. The molecule has 0 radical (unpaired) electrons. The predicted molar refractivity (Wildman–Crippen MR) is 64.2 cm³/mol. The van der Waals surface area contributed by atoms with Crippen molar-refractivity contribution in [2.24, 2.45) is 0 Å². The molecule has 6 nitrogen and oxygen atoms in total. The zero-order valence-corrected chi connectivity index (χ0v) is 10.8. The summed E-state index contributed by atoms with van der Waals surface area (Å²) in [6.07, 6.45) is 1.25. The van der Waals surface area contributed by atoms with Crippen molar-refractivity contribution in [2.45, 2.75) is 50.8 Å². The first-order chi connectivity index (χ1) is 8.33. The van der Waals surface area contributed by atoms with Crippen LogP contribution in [0.3, 0.4) is 0 Å². The van der Waals surface area contributed by atoms with Crippen molar-refractivity contribution in [3.63, 3.8) is 0 Å². The normalized spacial score (nSPS) is 30.8. The zero-order chi connectivity index (χ0) is 13.5. The molecule has 0 bridgehead atoms. The van der Waals surface area contributed by atoms with Crippen molar-refractivity contribution < 1.29 is 19.8 Å². The fraction of sp³-hybridized carbons (Fsp3) is 0.833. The molecule has 0 aromatic heterocycles. The van der Waals surface area contributed by atoms with Crippen LogP contribution in [0.5, 0.6) is 0 Å². The predicted octanol–water partition coefficient (Wildman–Crippen LogP) is 0.501. The highest BCUT2D eigenvalue weighted by Gasteiger charge is 2.44. The summed E-state index contributed by atoms with van der Waals surface area (Å²) in [5.74, 6) is -1.04. The maximum absolute atomic E-state index is 12.4. The molecular weight excluding hydrogens is 236 g/mol. The highest BCUT2D eigenvalue weighted by atomic mass is 16.4. The standard InChI is InChI=1S/C12H20N2O4/c1-12(2)4-3-5-14(12)11(18)13-7-8(15)6-9(13)10(16)17/h8-9,15H,3-7H2,1-2H3,(H,16,17)/t8?,9-/m0/s1. The molecule has 2 fully saturated rings. The molecule has 6 heteroatoms. The zero-order valence-electron chi connectivity index (χ0n) is 10.8. The third-order valence-electron chi connectivity index (χ3n) is 3.94. The molecule has 2 saturated heterocycles. The molecule has 2 N–H and O–H groups in total. The molecule has 0 saturated carbocycles. The fourth-order valence-electron chi connectivity index (χ4n) is 2.88. The average Bonchev–Trinajstić information content (AvgIpc) is 2.80. The van der Waals surface area contributed by atoms with E-state index in [1.54, 1.807) is 4.90 Å². The molecule has 1 unspecified atom stereocenters. The molecule has 0 spiro atoms. The number of carboxylic acid groups (broad SMARTS) is 1. The van der Waals surface area contributed by atoms with Crippen LogP contribution in [-0.4, -0.2) is 62.8 Å². The van der Waals surface area contributed by atoms with Gasteiger partial charge in [0, 0.05) is 25.0 Å². The number of hydrogen-bond acceptors (Lipinski definition) is 3. The largest absolute Gasteiger partial charge is 0.480 e. The van der Waals surface area contributed by atoms with Gasteiger partial charge in [-0.15, -0.1) is 0 Å². The molecule has 102 valence electrons. The van der Waals surface area contributed by atoms with E-state index in [0.29, 0.717) is 6.54 Å². The van der Waals surface area contributed by atoms with E-state index in [-0.39, 0.29) is 24.5 Å². The lowest BCUT2D eigenvalue weighted by atomic mass is 10.0. The molecule has 0 aliphatic carbocycles. The Kier molecular flexibility index (Phi) is 3.23. The van der Waals surface area contributed by atoms with E-state index >= 15 is 0 Å². The first-order valence-corrected chi connectivity index (χ1v) is 6.32. The summed E-state index contributed by atoms with van der Waals surface area (Å²) in [6, 6.07) is -1.16. The number of hydrogen-bond donors (Lipinski definition) is 2. The molecule has 18 heavy (non-hydrogen) atoms. The van der Waals surface area contributed by atoms with Crippen LogP contribution in [-0.2, 0) is 4.79 Å². The highest BCUT2D eigenvalue weighted by Crippen LogP contribution is 2.31. The second kappa shape index (κ2) is 4.42. The van der Waals surface area contributed by atoms with E-state index in [0.717, 1.165) is 12.8 Å². The molecule has 0 aromatic carbocycles. The Bertz CT molecular complexity index is 369. The van der Waals surface area contributed by atoms with E-state index in [1.165, 1.54) is 4.90 Å². The topological polar surface area (TPSA) is 81.1 Å². The molecule has 2 aliphatic heterocycles. The number of aliphatic carboxylic acids is 1. The van der Waals surface area contributed by atoms with E-state index in [1.807, 2.05) is 13.8 Å². The number of urea groups is 1. The van der Waals surface area contributed by atoms with Gasteiger partial charge in [-0.3, -0.25) is 0 Å². The van der Waals surface area contributed by atoms with Crippen LogP contribution >= 0.6 is 0 Å². The Morgan fingerprint density at radius 1 is 1.33 bits per heavy atom. The average molecular weight is 256 g/mol. The summed E-state index contributed by atoms with van der Waals surface area (Å²) in [4.78, 5) is 26.5. The third kappa shape index (κ3) is 2.16. The van der Waals surface area contributed by atoms with E-state index in [2.05, 4.69) is 0 Å². The minimum atomic E-state index is -1.04. The van der Waals surface area contributed by atoms with Crippen molar-refractivity contribution in [2.75, 3.05) is 13.1 Å². The number of rotatable bonds is 1. The SMILES string of the molecule is CC1(C)CCCN1C(=O)N1CC(O)C[C@H]1C(=O)O. The van der Waals surface area contributed by atoms with Gasteiger partial charge in [0.1, 0.15) is 6.04 Å². The van der Waals surface area contributed by atoms with Gasteiger partial charge < -0.3 is 20.0 Å². The van der Waals surface area contributed by atoms with Crippen LogP contribution in [0.15, 0.2) is 0 Å². The van der Waals surface area contributed by atoms with Gasteiger partial charge in [-0.1, -0.05) is 0 Å². The van der Waals surface area contributed by atoms with Crippen LogP contribution in [0.2, 0.25) is 0 Å². The number of likely N-dealkylation sites (tertiary alicyclic amines) is 2. The number of aliphatic hydroxyl groups is 1. The second-order valence-electron chi connectivity index (χ2n) is 5.75. The van der Waals surface area contributed by atoms with Crippen molar-refractivity contribution in [1.82, 2.24) is 9.80 Å². The minimum absolute atomic E-state index is 0.113. The van der Waals surface area contributed by atoms with Crippen LogP contribution < -0.4 is 0 Å². The van der Waals surface area contributed by atoms with Crippen molar-refractivity contribution in [3.05, 3.63) is 0 Å². The number of carbonyl (C=O) groups is 2. The van der Waals surface area contributed by atoms with Gasteiger partial charge in [-0.2, -0.15) is 0 Å². The number of carbonyl (C=O) groups excluding carboxylic acids is 1. The van der Waals surface area contributed by atoms with Gasteiger partial charge in [0.25, 0.3) is 0 Å². The Labute approximate surface area is 106 Å². The lowest BCUT2D eigenvalue weighted by Crippen LogP contribution is -2.52. The Balaban J connectivity index is 2.15. The summed E-state index contributed by atoms with van der Waals surface area (Å²) < 4.78 is 0. The first kappa shape index (κ1) is 13.1. The highest BCUT2D eigenvalue weighted by molar-refractivity contribution is 5.84. The summed E-state index contributed by atoms with van der Waals surface area (Å²) in [6.45, 7) is 4.74. The number of nitrogens with zero attached hydrogens (tertiary/aromatic N) is 2. The Morgan fingerprint density at radius 2 is 2.00 bits per heavy atom. The monoisotopic (exact) mass is 256 g/mol. The first-order valence-electron chi connectivity index (χ1n) is 6.32. The fourth-order valence-corrected chi connectivity index (χ4v) is 2.88. The van der Waals surface area contributed by atoms with Crippen LogP contribution in [0.25, 0.3) is 0 Å². The van der Waals surface area contributed by atoms with Crippen molar-refractivity contribution in [3.8, 4) is 0 Å². The third-order valence-corrected chi connectivity index (χ3v) is 3.94. The maximum atomic E-state index is 12.4. The molecule has 2 rings (SSSR count). The summed E-state index contributed by atoms with van der Waals surface area (Å²) >= 11 is 0. The van der Waals surface area contributed by atoms with E-state index in [9.17, 15) is 14.7 Å². The van der Waals surface area contributed by atoms with Gasteiger partial charge in [-0.05, 0) is 26.7 Å². The van der Waals surface area contributed by atoms with Crippen molar-refractivity contribution >= 4 is 12.0 Å². The Morgan fingerprint density at radius 3 is 2.50 bits per heavy atom. The maximum Gasteiger partial charge on any atom is 0.326 e. The van der Waals surface area contributed by atoms with Crippen LogP contribution in [0.1, 0.15) is 33.1 Å². The van der Waals surface area contributed by atoms with Crippen LogP contribution in [0, 0.1) is 0 Å². The quantitative estimate of drug-likeness (QED) is 0.716. The van der Waals surface area contributed by atoms with Gasteiger partial charge in [0.15, 0.2) is 0 Å². The lowest BCUT2D eigenvalue weighted by Gasteiger charge is -2.36. The summed E-state index contributed by atoms with van der Waals surface area (Å²) in [5.41, 5.74) is -0.228.